The molecule has 1 aromatic carbocycles. The first-order valence-electron chi connectivity index (χ1n) is 9.61. The molecule has 2 heterocycles. The van der Waals surface area contributed by atoms with E-state index in [1.165, 1.54) is 18.2 Å². The molecule has 0 aliphatic heterocycles. The van der Waals surface area contributed by atoms with Gasteiger partial charge in [0, 0.05) is 17.8 Å². The van der Waals surface area contributed by atoms with Crippen LogP contribution in [0.3, 0.4) is 0 Å². The van der Waals surface area contributed by atoms with Crippen molar-refractivity contribution in [2.75, 3.05) is 10.6 Å². The predicted molar refractivity (Wildman–Crippen MR) is 113 cm³/mol. The zero-order chi connectivity index (χ0) is 23.5. The number of aromatic nitrogens is 3. The van der Waals surface area contributed by atoms with Crippen molar-refractivity contribution < 1.29 is 17.6 Å². The highest BCUT2D eigenvalue weighted by Gasteiger charge is 2.33. The minimum Gasteiger partial charge on any atom is -0.368 e. The fraction of sp³-hybridized carbons (Fsp3) is 0.286. The highest BCUT2D eigenvalue weighted by atomic mass is 19.4. The van der Waals surface area contributed by atoms with E-state index in [4.69, 9.17) is 0 Å². The first kappa shape index (κ1) is 23.0. The van der Waals surface area contributed by atoms with Gasteiger partial charge >= 0.3 is 6.18 Å². The Kier molecular flexibility index (Phi) is 6.66. The molecule has 3 aromatic rings. The van der Waals surface area contributed by atoms with Crippen LogP contribution < -0.4 is 10.6 Å². The molecule has 0 bridgehead atoms. The Morgan fingerprint density at radius 3 is 2.34 bits per heavy atom. The van der Waals surface area contributed by atoms with Crippen LogP contribution in [0.25, 0.3) is 11.5 Å². The predicted octanol–water partition coefficient (Wildman–Crippen LogP) is 5.84. The number of alkyl halides is 3. The monoisotopic (exact) mass is 448 g/mol. The summed E-state index contributed by atoms with van der Waals surface area (Å²) in [5.41, 5.74) is -0.254. The standard InChI is InChI=1S/C21H20F4N6O/c1-11(2)27-18-9-19(28-15-5-12(3)4-14(22)8-15)31-20(30-18)16-6-13(10-26-32)7-17(29-16)21(23,24)25/h4-9,11H,10H2,1-3H3,(H2,27,28,30,31). The van der Waals surface area contributed by atoms with Crippen molar-refractivity contribution in [2.24, 2.45) is 5.18 Å². The van der Waals surface area contributed by atoms with Gasteiger partial charge in [-0.15, -0.1) is 0 Å². The summed E-state index contributed by atoms with van der Waals surface area (Å²) >= 11 is 0. The number of rotatable bonds is 7. The number of nitrogens with one attached hydrogen (secondary N) is 2. The highest BCUT2D eigenvalue weighted by Crippen LogP contribution is 2.31. The SMILES string of the molecule is Cc1cc(F)cc(Nc2cc(NC(C)C)nc(-c3cc(CN=O)cc(C(F)(F)F)n3)n2)c1. The Morgan fingerprint density at radius 2 is 1.72 bits per heavy atom. The Hall–Kier alpha value is -3.63. The molecule has 32 heavy (non-hydrogen) atoms. The van der Waals surface area contributed by atoms with Crippen LogP contribution in [0.15, 0.2) is 41.6 Å². The lowest BCUT2D eigenvalue weighted by molar-refractivity contribution is -0.141. The number of aryl methyl sites for hydroxylation is 1. The molecule has 0 atom stereocenters. The smallest absolute Gasteiger partial charge is 0.368 e. The maximum Gasteiger partial charge on any atom is 0.433 e. The van der Waals surface area contributed by atoms with E-state index in [9.17, 15) is 22.5 Å². The third-order valence-electron chi connectivity index (χ3n) is 4.13. The Balaban J connectivity index is 2.11. The first-order valence-corrected chi connectivity index (χ1v) is 9.61. The van der Waals surface area contributed by atoms with Crippen LogP contribution in [-0.4, -0.2) is 21.0 Å². The molecule has 0 amide bonds. The molecule has 7 nitrogen and oxygen atoms in total. The second kappa shape index (κ2) is 9.25. The number of pyridine rings is 1. The second-order valence-electron chi connectivity index (χ2n) is 7.43. The molecular formula is C21H20F4N6O. The van der Waals surface area contributed by atoms with E-state index >= 15 is 0 Å². The molecule has 0 fully saturated rings. The normalized spacial score (nSPS) is 11.5. The summed E-state index contributed by atoms with van der Waals surface area (Å²) in [5, 5.41) is 8.67. The third-order valence-corrected chi connectivity index (χ3v) is 4.13. The molecule has 0 spiro atoms. The summed E-state index contributed by atoms with van der Waals surface area (Å²) in [4.78, 5) is 22.8. The lowest BCUT2D eigenvalue weighted by Crippen LogP contribution is -2.13. The van der Waals surface area contributed by atoms with Gasteiger partial charge in [0.25, 0.3) is 0 Å². The Morgan fingerprint density at radius 1 is 1.00 bits per heavy atom. The van der Waals surface area contributed by atoms with Gasteiger partial charge in [-0.05, 0) is 62.2 Å². The lowest BCUT2D eigenvalue weighted by Gasteiger charge is -2.15. The molecule has 0 aliphatic rings. The number of halogens is 4. The van der Waals surface area contributed by atoms with Crippen molar-refractivity contribution in [2.45, 2.75) is 39.5 Å². The second-order valence-corrected chi connectivity index (χ2v) is 7.43. The average molecular weight is 448 g/mol. The summed E-state index contributed by atoms with van der Waals surface area (Å²) in [6.45, 7) is 4.99. The minimum atomic E-state index is -4.73. The Labute approximate surface area is 181 Å². The molecular weight excluding hydrogens is 428 g/mol. The number of nitrogens with zero attached hydrogens (tertiary/aromatic N) is 4. The molecule has 2 aromatic heterocycles. The number of benzene rings is 1. The van der Waals surface area contributed by atoms with Crippen LogP contribution in [0.5, 0.6) is 0 Å². The van der Waals surface area contributed by atoms with Crippen molar-refractivity contribution in [3.63, 3.8) is 0 Å². The van der Waals surface area contributed by atoms with Gasteiger partial charge in [0.05, 0.1) is 0 Å². The average Bonchev–Trinajstić information content (AvgIpc) is 2.65. The van der Waals surface area contributed by atoms with Crippen molar-refractivity contribution in [1.82, 2.24) is 15.0 Å². The van der Waals surface area contributed by atoms with Crippen molar-refractivity contribution in [1.29, 1.82) is 0 Å². The van der Waals surface area contributed by atoms with Gasteiger partial charge in [-0.3, -0.25) is 0 Å². The molecule has 0 saturated heterocycles. The maximum absolute atomic E-state index is 13.8. The van der Waals surface area contributed by atoms with Gasteiger partial charge in [-0.2, -0.15) is 18.1 Å². The van der Waals surface area contributed by atoms with E-state index in [-0.39, 0.29) is 28.9 Å². The maximum atomic E-state index is 13.8. The van der Waals surface area contributed by atoms with Gasteiger partial charge in [0.1, 0.15) is 35.4 Å². The van der Waals surface area contributed by atoms with Crippen LogP contribution in [0.2, 0.25) is 0 Å². The summed E-state index contributed by atoms with van der Waals surface area (Å²) in [6.07, 6.45) is -4.73. The third kappa shape index (κ3) is 5.96. The van der Waals surface area contributed by atoms with E-state index in [2.05, 4.69) is 30.8 Å². The number of nitroso groups, excluding NO2 is 1. The van der Waals surface area contributed by atoms with Gasteiger partial charge < -0.3 is 10.6 Å². The van der Waals surface area contributed by atoms with Gasteiger partial charge in [-0.25, -0.2) is 19.3 Å². The van der Waals surface area contributed by atoms with E-state index in [1.807, 2.05) is 13.8 Å². The van der Waals surface area contributed by atoms with Crippen LogP contribution >= 0.6 is 0 Å². The Bertz CT molecular complexity index is 1110. The molecule has 0 aliphatic carbocycles. The van der Waals surface area contributed by atoms with Crippen molar-refractivity contribution in [3.05, 3.63) is 63.9 Å². The van der Waals surface area contributed by atoms with Gasteiger partial charge in [0.2, 0.25) is 0 Å². The van der Waals surface area contributed by atoms with E-state index in [0.29, 0.717) is 17.1 Å². The number of hydrogen-bond acceptors (Lipinski definition) is 7. The van der Waals surface area contributed by atoms with Crippen LogP contribution in [0.1, 0.15) is 30.7 Å². The zero-order valence-electron chi connectivity index (χ0n) is 17.5. The first-order chi connectivity index (χ1) is 15.0. The highest BCUT2D eigenvalue weighted by molar-refractivity contribution is 5.64. The molecule has 2 N–H and O–H groups in total. The fourth-order valence-electron chi connectivity index (χ4n) is 2.96. The molecule has 3 rings (SSSR count). The molecule has 0 saturated carbocycles. The molecule has 168 valence electrons. The van der Waals surface area contributed by atoms with E-state index in [1.54, 1.807) is 19.1 Å². The van der Waals surface area contributed by atoms with Crippen LogP contribution in [-0.2, 0) is 12.7 Å². The fourth-order valence-corrected chi connectivity index (χ4v) is 2.96. The lowest BCUT2D eigenvalue weighted by atomic mass is 10.1. The van der Waals surface area contributed by atoms with E-state index in [0.717, 1.165) is 6.07 Å². The summed E-state index contributed by atoms with van der Waals surface area (Å²) in [5.74, 6) is -0.00953. The van der Waals surface area contributed by atoms with Crippen LogP contribution in [0, 0.1) is 17.6 Å². The molecule has 0 radical (unpaired) electrons. The van der Waals surface area contributed by atoms with Gasteiger partial charge in [0.15, 0.2) is 5.82 Å². The topological polar surface area (TPSA) is 92.2 Å². The zero-order valence-corrected chi connectivity index (χ0v) is 17.5. The number of anilines is 3. The molecule has 11 heteroatoms. The quantitative estimate of drug-likeness (QED) is 0.349. The van der Waals surface area contributed by atoms with E-state index < -0.39 is 24.2 Å². The van der Waals surface area contributed by atoms with Crippen molar-refractivity contribution in [3.8, 4) is 11.5 Å². The molecule has 0 unspecified atom stereocenters. The van der Waals surface area contributed by atoms with Gasteiger partial charge in [-0.1, -0.05) is 5.18 Å². The number of hydrogen-bond donors (Lipinski definition) is 2. The largest absolute Gasteiger partial charge is 0.433 e. The summed E-state index contributed by atoms with van der Waals surface area (Å²) < 4.78 is 53.7. The van der Waals surface area contributed by atoms with Crippen molar-refractivity contribution >= 4 is 17.3 Å². The minimum absolute atomic E-state index is 0.0263. The van der Waals surface area contributed by atoms with Crippen LogP contribution in [0.4, 0.5) is 34.9 Å². The summed E-state index contributed by atoms with van der Waals surface area (Å²) in [7, 11) is 0. The summed E-state index contributed by atoms with van der Waals surface area (Å²) in [6, 6.07) is 7.86.